The second kappa shape index (κ2) is 8.61. The van der Waals surface area contributed by atoms with E-state index >= 15 is 0 Å². The summed E-state index contributed by atoms with van der Waals surface area (Å²) in [6.07, 6.45) is 4.08. The van der Waals surface area contributed by atoms with Crippen LogP contribution in [0.15, 0.2) is 53.5 Å². The van der Waals surface area contributed by atoms with E-state index in [9.17, 15) is 9.18 Å². The number of aliphatic imine (C=N–C) groups is 1. The van der Waals surface area contributed by atoms with Crippen LogP contribution in [0.2, 0.25) is 0 Å². The van der Waals surface area contributed by atoms with Gasteiger partial charge in [-0.15, -0.1) is 0 Å². The first-order valence-electron chi connectivity index (χ1n) is 8.91. The highest BCUT2D eigenvalue weighted by atomic mass is 19.1. The van der Waals surface area contributed by atoms with E-state index in [2.05, 4.69) is 0 Å². The minimum Gasteiger partial charge on any atom is -0.495 e. The number of benzene rings is 2. The summed E-state index contributed by atoms with van der Waals surface area (Å²) in [5, 5.41) is 0. The van der Waals surface area contributed by atoms with E-state index in [1.54, 1.807) is 7.11 Å². The Balaban J connectivity index is 1.93. The molecule has 0 radical (unpaired) electrons. The van der Waals surface area contributed by atoms with Gasteiger partial charge < -0.3 is 9.64 Å². The van der Waals surface area contributed by atoms with Crippen LogP contribution in [-0.2, 0) is 0 Å². The second-order valence-corrected chi connectivity index (χ2v) is 6.30. The quantitative estimate of drug-likeness (QED) is 0.743. The first kappa shape index (κ1) is 18.1. The Kier molecular flexibility index (Phi) is 6.00. The number of ether oxygens (including phenoxy) is 1. The van der Waals surface area contributed by atoms with Gasteiger partial charge in [0.25, 0.3) is 0 Å². The van der Waals surface area contributed by atoms with Crippen LogP contribution in [-0.4, -0.2) is 31.8 Å². The van der Waals surface area contributed by atoms with Gasteiger partial charge >= 0.3 is 0 Å². The molecule has 136 valence electrons. The average Bonchev–Trinajstić information content (AvgIpc) is 2.96. The fourth-order valence-electron chi connectivity index (χ4n) is 3.12. The number of hydrogen-bond donors (Lipinski definition) is 0. The van der Waals surface area contributed by atoms with Gasteiger partial charge in [0.2, 0.25) is 0 Å². The molecule has 0 spiro atoms. The molecule has 0 N–H and O–H groups in total. The zero-order chi connectivity index (χ0) is 18.4. The van der Waals surface area contributed by atoms with Gasteiger partial charge in [0.05, 0.1) is 19.3 Å². The van der Waals surface area contributed by atoms with E-state index in [1.807, 2.05) is 29.2 Å². The number of carbonyl (C=O) groups is 1. The van der Waals surface area contributed by atoms with Crippen LogP contribution in [0.4, 0.5) is 10.1 Å². The van der Waals surface area contributed by atoms with Crippen molar-refractivity contribution >= 4 is 17.3 Å². The summed E-state index contributed by atoms with van der Waals surface area (Å²) in [4.78, 5) is 19.5. The van der Waals surface area contributed by atoms with Crippen molar-refractivity contribution in [2.45, 2.75) is 25.7 Å². The average molecular weight is 354 g/mol. The normalized spacial score (nSPS) is 14.3. The number of hydrogen-bond acceptors (Lipinski definition) is 4. The Labute approximate surface area is 153 Å². The molecule has 2 aromatic rings. The third-order valence-electron chi connectivity index (χ3n) is 4.51. The number of para-hydroxylation sites is 2. The van der Waals surface area contributed by atoms with Crippen molar-refractivity contribution in [3.63, 3.8) is 0 Å². The third-order valence-corrected chi connectivity index (χ3v) is 4.51. The predicted octanol–water partition coefficient (Wildman–Crippen LogP) is 4.50. The second-order valence-electron chi connectivity index (χ2n) is 6.30. The van der Waals surface area contributed by atoms with E-state index in [4.69, 9.17) is 9.73 Å². The lowest BCUT2D eigenvalue weighted by Gasteiger charge is -2.27. The maximum atomic E-state index is 13.2. The molecule has 1 heterocycles. The molecule has 0 bridgehead atoms. The molecular weight excluding hydrogens is 331 g/mol. The van der Waals surface area contributed by atoms with Crippen LogP contribution in [0.1, 0.15) is 36.0 Å². The standard InChI is InChI=1S/C21H23FN2O2/c1-26-20-8-5-4-7-18(20)24(21-9-3-2-6-14-23-21)15-19(25)16-10-12-17(22)13-11-16/h4-5,7-8,10-13H,2-3,6,9,14-15H2,1H3. The Morgan fingerprint density at radius 2 is 1.88 bits per heavy atom. The van der Waals surface area contributed by atoms with Gasteiger partial charge in [0.1, 0.15) is 17.4 Å². The molecule has 1 aliphatic rings. The molecule has 1 aliphatic heterocycles. The molecule has 0 atom stereocenters. The van der Waals surface area contributed by atoms with Crippen LogP contribution < -0.4 is 9.64 Å². The lowest BCUT2D eigenvalue weighted by Crippen LogP contribution is -2.36. The zero-order valence-electron chi connectivity index (χ0n) is 15.0. The largest absolute Gasteiger partial charge is 0.495 e. The van der Waals surface area contributed by atoms with Gasteiger partial charge in [0, 0.05) is 18.5 Å². The van der Waals surface area contributed by atoms with Crippen molar-refractivity contribution in [3.05, 3.63) is 59.9 Å². The number of nitrogens with zero attached hydrogens (tertiary/aromatic N) is 2. The van der Waals surface area contributed by atoms with E-state index in [-0.39, 0.29) is 18.1 Å². The molecule has 0 amide bonds. The van der Waals surface area contributed by atoms with Crippen LogP contribution in [0.5, 0.6) is 5.75 Å². The molecule has 0 aliphatic carbocycles. The van der Waals surface area contributed by atoms with Crippen LogP contribution in [0, 0.1) is 5.82 Å². The highest BCUT2D eigenvalue weighted by Crippen LogP contribution is 2.29. The molecule has 4 nitrogen and oxygen atoms in total. The highest BCUT2D eigenvalue weighted by molar-refractivity contribution is 6.07. The molecule has 5 heteroatoms. The van der Waals surface area contributed by atoms with Gasteiger partial charge in [-0.25, -0.2) is 4.39 Å². The predicted molar refractivity (Wildman–Crippen MR) is 102 cm³/mol. The van der Waals surface area contributed by atoms with Crippen LogP contribution in [0.3, 0.4) is 0 Å². The number of rotatable bonds is 5. The Morgan fingerprint density at radius 3 is 2.65 bits per heavy atom. The zero-order valence-corrected chi connectivity index (χ0v) is 15.0. The lowest BCUT2D eigenvalue weighted by atomic mass is 10.1. The van der Waals surface area contributed by atoms with Crippen molar-refractivity contribution in [3.8, 4) is 5.75 Å². The highest BCUT2D eigenvalue weighted by Gasteiger charge is 2.22. The molecule has 0 saturated heterocycles. The van der Waals surface area contributed by atoms with E-state index in [1.165, 1.54) is 24.3 Å². The monoisotopic (exact) mass is 354 g/mol. The fraction of sp³-hybridized carbons (Fsp3) is 0.333. The van der Waals surface area contributed by atoms with Crippen LogP contribution in [0.25, 0.3) is 0 Å². The van der Waals surface area contributed by atoms with Crippen molar-refractivity contribution < 1.29 is 13.9 Å². The topological polar surface area (TPSA) is 41.9 Å². The molecule has 2 aromatic carbocycles. The fourth-order valence-corrected chi connectivity index (χ4v) is 3.12. The summed E-state index contributed by atoms with van der Waals surface area (Å²) in [6.45, 7) is 0.913. The summed E-state index contributed by atoms with van der Waals surface area (Å²) in [6, 6.07) is 13.3. The minimum absolute atomic E-state index is 0.0807. The molecule has 0 fully saturated rings. The number of Topliss-reactive ketones (excluding diaryl/α,β-unsaturated/α-hetero) is 1. The van der Waals surface area contributed by atoms with Crippen molar-refractivity contribution in [2.24, 2.45) is 4.99 Å². The Morgan fingerprint density at radius 1 is 1.12 bits per heavy atom. The van der Waals surface area contributed by atoms with Crippen LogP contribution >= 0.6 is 0 Å². The summed E-state index contributed by atoms with van der Waals surface area (Å²) in [5.74, 6) is 1.17. The van der Waals surface area contributed by atoms with E-state index in [0.29, 0.717) is 11.3 Å². The summed E-state index contributed by atoms with van der Waals surface area (Å²) in [5.41, 5.74) is 1.31. The molecule has 0 saturated carbocycles. The molecule has 3 rings (SSSR count). The number of anilines is 1. The number of halogens is 1. The van der Waals surface area contributed by atoms with E-state index in [0.717, 1.165) is 43.8 Å². The van der Waals surface area contributed by atoms with Gasteiger partial charge in [-0.2, -0.15) is 0 Å². The first-order chi connectivity index (χ1) is 12.7. The van der Waals surface area contributed by atoms with Gasteiger partial charge in [-0.3, -0.25) is 9.79 Å². The maximum absolute atomic E-state index is 13.2. The van der Waals surface area contributed by atoms with Crippen molar-refractivity contribution in [2.75, 3.05) is 25.1 Å². The number of methoxy groups -OCH3 is 1. The smallest absolute Gasteiger partial charge is 0.182 e. The molecular formula is C21H23FN2O2. The summed E-state index contributed by atoms with van der Waals surface area (Å²) in [7, 11) is 1.62. The minimum atomic E-state index is -0.351. The molecule has 0 aromatic heterocycles. The van der Waals surface area contributed by atoms with Gasteiger partial charge in [0.15, 0.2) is 5.78 Å². The SMILES string of the molecule is COc1ccccc1N(CC(=O)c1ccc(F)cc1)C1=NCCCCC1. The van der Waals surface area contributed by atoms with Gasteiger partial charge in [-0.05, 0) is 49.2 Å². The lowest BCUT2D eigenvalue weighted by molar-refractivity contribution is 0.100. The Hall–Kier alpha value is -2.69. The van der Waals surface area contributed by atoms with Crippen molar-refractivity contribution in [1.82, 2.24) is 0 Å². The maximum Gasteiger partial charge on any atom is 0.182 e. The summed E-state index contributed by atoms with van der Waals surface area (Å²) >= 11 is 0. The molecule has 0 unspecified atom stereocenters. The number of amidine groups is 1. The Bertz CT molecular complexity index is 787. The van der Waals surface area contributed by atoms with E-state index < -0.39 is 0 Å². The summed E-state index contributed by atoms with van der Waals surface area (Å²) < 4.78 is 18.6. The third kappa shape index (κ3) is 4.28. The number of carbonyl (C=O) groups excluding carboxylic acids is 1. The number of ketones is 1. The molecule has 26 heavy (non-hydrogen) atoms. The van der Waals surface area contributed by atoms with Crippen molar-refractivity contribution in [1.29, 1.82) is 0 Å². The van der Waals surface area contributed by atoms with Gasteiger partial charge in [-0.1, -0.05) is 18.6 Å². The first-order valence-corrected chi connectivity index (χ1v) is 8.91.